The Kier molecular flexibility index (Phi) is 4.15. The van der Waals surface area contributed by atoms with Crippen molar-refractivity contribution in [2.24, 2.45) is 0 Å². The molecule has 3 nitrogen and oxygen atoms in total. The highest BCUT2D eigenvalue weighted by atomic mass is 79.9. The number of aryl methyl sites for hydroxylation is 1. The number of aromatic nitrogens is 2. The quantitative estimate of drug-likeness (QED) is 0.765. The van der Waals surface area contributed by atoms with E-state index in [-0.39, 0.29) is 0 Å². The fourth-order valence-corrected chi connectivity index (χ4v) is 1.15. The van der Waals surface area contributed by atoms with Crippen molar-refractivity contribution in [3.63, 3.8) is 0 Å². The average Bonchev–Trinajstić information content (AvgIpc) is 2.11. The van der Waals surface area contributed by atoms with Gasteiger partial charge in [0.15, 0.2) is 0 Å². The van der Waals surface area contributed by atoms with Crippen molar-refractivity contribution in [1.82, 2.24) is 9.97 Å². The van der Waals surface area contributed by atoms with E-state index in [4.69, 9.17) is 4.74 Å². The highest BCUT2D eigenvalue weighted by Gasteiger charge is 2.02. The third-order valence-corrected chi connectivity index (χ3v) is 2.11. The van der Waals surface area contributed by atoms with Crippen molar-refractivity contribution in [1.29, 1.82) is 0 Å². The fraction of sp³-hybridized carbons (Fsp3) is 0.556. The molecule has 0 unspecified atom stereocenters. The minimum absolute atomic E-state index is 0.640. The normalized spacial score (nSPS) is 10.1. The van der Waals surface area contributed by atoms with Crippen LogP contribution in [0.1, 0.15) is 25.6 Å². The molecule has 0 spiro atoms. The molecule has 13 heavy (non-hydrogen) atoms. The SMILES string of the molecule is CCCCOc1nc(C)ncc1Br. The first kappa shape index (κ1) is 10.4. The van der Waals surface area contributed by atoms with Gasteiger partial charge in [-0.15, -0.1) is 0 Å². The second-order valence-electron chi connectivity index (χ2n) is 2.77. The summed E-state index contributed by atoms with van der Waals surface area (Å²) in [6.07, 6.45) is 3.89. The van der Waals surface area contributed by atoms with Crippen LogP contribution in [0.25, 0.3) is 0 Å². The lowest BCUT2D eigenvalue weighted by Crippen LogP contribution is -2.01. The van der Waals surface area contributed by atoms with Gasteiger partial charge >= 0.3 is 0 Å². The van der Waals surface area contributed by atoms with Crippen LogP contribution in [0.4, 0.5) is 0 Å². The Bertz CT molecular complexity index is 278. The highest BCUT2D eigenvalue weighted by molar-refractivity contribution is 9.10. The maximum Gasteiger partial charge on any atom is 0.231 e. The van der Waals surface area contributed by atoms with Gasteiger partial charge in [-0.25, -0.2) is 4.98 Å². The summed E-state index contributed by atoms with van der Waals surface area (Å²) >= 11 is 3.33. The second kappa shape index (κ2) is 5.17. The van der Waals surface area contributed by atoms with Crippen molar-refractivity contribution in [2.45, 2.75) is 26.7 Å². The summed E-state index contributed by atoms with van der Waals surface area (Å²) < 4.78 is 6.27. The van der Waals surface area contributed by atoms with Gasteiger partial charge in [0, 0.05) is 6.20 Å². The topological polar surface area (TPSA) is 35.0 Å². The summed E-state index contributed by atoms with van der Waals surface area (Å²) in [5.41, 5.74) is 0. The third-order valence-electron chi connectivity index (χ3n) is 1.57. The molecule has 0 fully saturated rings. The maximum atomic E-state index is 5.46. The molecule has 1 aromatic rings. The van der Waals surface area contributed by atoms with E-state index in [0.717, 1.165) is 23.1 Å². The van der Waals surface area contributed by atoms with Gasteiger partial charge in [0.05, 0.1) is 11.1 Å². The van der Waals surface area contributed by atoms with Crippen molar-refractivity contribution in [2.75, 3.05) is 6.61 Å². The molecule has 4 heteroatoms. The van der Waals surface area contributed by atoms with Gasteiger partial charge < -0.3 is 4.74 Å². The van der Waals surface area contributed by atoms with Crippen LogP contribution in [0.5, 0.6) is 5.88 Å². The van der Waals surface area contributed by atoms with E-state index in [1.165, 1.54) is 0 Å². The van der Waals surface area contributed by atoms with Crippen LogP contribution in [0.3, 0.4) is 0 Å². The van der Waals surface area contributed by atoms with Gasteiger partial charge in [-0.2, -0.15) is 4.98 Å². The molecule has 1 heterocycles. The Morgan fingerprint density at radius 3 is 3.00 bits per heavy atom. The molecule has 0 atom stereocenters. The summed E-state index contributed by atoms with van der Waals surface area (Å²) in [4.78, 5) is 8.19. The zero-order chi connectivity index (χ0) is 9.68. The van der Waals surface area contributed by atoms with Crippen LogP contribution in [0.15, 0.2) is 10.7 Å². The summed E-state index contributed by atoms with van der Waals surface area (Å²) in [6, 6.07) is 0. The first-order valence-corrected chi connectivity index (χ1v) is 5.15. The summed E-state index contributed by atoms with van der Waals surface area (Å²) in [6.45, 7) is 4.69. The average molecular weight is 245 g/mol. The Morgan fingerprint density at radius 1 is 1.54 bits per heavy atom. The molecule has 1 aromatic heterocycles. The Balaban J connectivity index is 2.59. The monoisotopic (exact) mass is 244 g/mol. The molecule has 0 aliphatic carbocycles. The molecule has 0 aliphatic rings. The number of hydrogen-bond donors (Lipinski definition) is 0. The molecule has 0 N–H and O–H groups in total. The summed E-state index contributed by atoms with van der Waals surface area (Å²) in [7, 11) is 0. The molecular weight excluding hydrogens is 232 g/mol. The molecule has 0 aromatic carbocycles. The molecular formula is C9H13BrN2O. The Hall–Kier alpha value is -0.640. The zero-order valence-electron chi connectivity index (χ0n) is 7.88. The van der Waals surface area contributed by atoms with Crippen molar-refractivity contribution in [3.8, 4) is 5.88 Å². The fourth-order valence-electron chi connectivity index (χ4n) is 0.849. The highest BCUT2D eigenvalue weighted by Crippen LogP contribution is 2.20. The van der Waals surface area contributed by atoms with E-state index < -0.39 is 0 Å². The van der Waals surface area contributed by atoms with Crippen LogP contribution in [0.2, 0.25) is 0 Å². The molecule has 0 aliphatic heterocycles. The summed E-state index contributed by atoms with van der Waals surface area (Å²) in [5, 5.41) is 0. The number of nitrogens with zero attached hydrogens (tertiary/aromatic N) is 2. The number of unbranched alkanes of at least 4 members (excludes halogenated alkanes) is 1. The van der Waals surface area contributed by atoms with Crippen LogP contribution in [0, 0.1) is 6.92 Å². The van der Waals surface area contributed by atoms with E-state index >= 15 is 0 Å². The number of ether oxygens (including phenoxy) is 1. The Morgan fingerprint density at radius 2 is 2.31 bits per heavy atom. The molecule has 0 bridgehead atoms. The largest absolute Gasteiger partial charge is 0.477 e. The predicted molar refractivity (Wildman–Crippen MR) is 54.9 cm³/mol. The molecule has 0 amide bonds. The van der Waals surface area contributed by atoms with E-state index in [1.54, 1.807) is 6.20 Å². The van der Waals surface area contributed by atoms with Gasteiger partial charge in [-0.1, -0.05) is 13.3 Å². The molecule has 1 rings (SSSR count). The first-order chi connectivity index (χ1) is 6.24. The van der Waals surface area contributed by atoms with Crippen molar-refractivity contribution < 1.29 is 4.74 Å². The predicted octanol–water partition coefficient (Wildman–Crippen LogP) is 2.73. The summed E-state index contributed by atoms with van der Waals surface area (Å²) in [5.74, 6) is 1.37. The van der Waals surface area contributed by atoms with Crippen molar-refractivity contribution in [3.05, 3.63) is 16.5 Å². The van der Waals surface area contributed by atoms with Crippen molar-refractivity contribution >= 4 is 15.9 Å². The number of halogens is 1. The van der Waals surface area contributed by atoms with Gasteiger partial charge in [0.1, 0.15) is 5.82 Å². The lowest BCUT2D eigenvalue weighted by atomic mass is 10.4. The minimum atomic E-state index is 0.640. The smallest absolute Gasteiger partial charge is 0.231 e. The molecule has 0 saturated heterocycles. The molecule has 72 valence electrons. The Labute approximate surface area is 86.7 Å². The van der Waals surface area contributed by atoms with Crippen LogP contribution in [-0.2, 0) is 0 Å². The van der Waals surface area contributed by atoms with Gasteiger partial charge in [-0.3, -0.25) is 0 Å². The standard InChI is InChI=1S/C9H13BrN2O/c1-3-4-5-13-9-8(10)6-11-7(2)12-9/h6H,3-5H2,1-2H3. The van der Waals surface area contributed by atoms with Gasteiger partial charge in [-0.05, 0) is 29.3 Å². The third kappa shape index (κ3) is 3.30. The van der Waals surface area contributed by atoms with Crippen LogP contribution < -0.4 is 4.74 Å². The molecule has 0 radical (unpaired) electrons. The first-order valence-electron chi connectivity index (χ1n) is 4.36. The van der Waals surface area contributed by atoms with E-state index in [2.05, 4.69) is 32.8 Å². The van der Waals surface area contributed by atoms with E-state index in [1.807, 2.05) is 6.92 Å². The second-order valence-corrected chi connectivity index (χ2v) is 3.63. The maximum absolute atomic E-state index is 5.46. The van der Waals surface area contributed by atoms with E-state index in [9.17, 15) is 0 Å². The number of hydrogen-bond acceptors (Lipinski definition) is 3. The molecule has 0 saturated carbocycles. The van der Waals surface area contributed by atoms with Gasteiger partial charge in [0.25, 0.3) is 0 Å². The minimum Gasteiger partial charge on any atom is -0.477 e. The van der Waals surface area contributed by atoms with Crippen LogP contribution >= 0.6 is 15.9 Å². The number of rotatable bonds is 4. The van der Waals surface area contributed by atoms with E-state index in [0.29, 0.717) is 12.5 Å². The lowest BCUT2D eigenvalue weighted by Gasteiger charge is -2.05. The van der Waals surface area contributed by atoms with Gasteiger partial charge in [0.2, 0.25) is 5.88 Å². The lowest BCUT2D eigenvalue weighted by molar-refractivity contribution is 0.294. The zero-order valence-corrected chi connectivity index (χ0v) is 9.47. The van der Waals surface area contributed by atoms with Crippen LogP contribution in [-0.4, -0.2) is 16.6 Å².